The lowest BCUT2D eigenvalue weighted by Gasteiger charge is -2.22. The number of hydrogen-bond donors (Lipinski definition) is 0. The predicted octanol–water partition coefficient (Wildman–Crippen LogP) is 3.09. The van der Waals surface area contributed by atoms with Crippen LogP contribution < -0.4 is 4.74 Å². The van der Waals surface area contributed by atoms with Crippen LogP contribution in [0.15, 0.2) is 54.6 Å². The van der Waals surface area contributed by atoms with E-state index in [1.165, 1.54) is 0 Å². The van der Waals surface area contributed by atoms with Crippen molar-refractivity contribution in [3.63, 3.8) is 0 Å². The average molecular weight is 373 g/mol. The minimum Gasteiger partial charge on any atom is -0.484 e. The molecule has 1 aliphatic rings. The van der Waals surface area contributed by atoms with Crippen LogP contribution in [0.1, 0.15) is 16.8 Å². The molecule has 0 saturated carbocycles. The van der Waals surface area contributed by atoms with Crippen LogP contribution in [-0.4, -0.2) is 54.4 Å². The lowest BCUT2D eigenvalue weighted by molar-refractivity contribution is -0.133. The maximum Gasteiger partial charge on any atom is 0.260 e. The van der Waals surface area contributed by atoms with Crippen molar-refractivity contribution in [3.05, 3.63) is 65.2 Å². The van der Waals surface area contributed by atoms with Crippen molar-refractivity contribution < 1.29 is 14.3 Å². The monoisotopic (exact) mass is 372 g/mol. The summed E-state index contributed by atoms with van der Waals surface area (Å²) in [6.45, 7) is 2.29. The molecular weight excluding hydrogens is 352 g/mol. The maximum absolute atomic E-state index is 12.6. The topological polar surface area (TPSA) is 49.9 Å². The van der Waals surface area contributed by atoms with Crippen LogP contribution in [0.2, 0.25) is 5.02 Å². The summed E-state index contributed by atoms with van der Waals surface area (Å²) in [5.41, 5.74) is 0.613. The van der Waals surface area contributed by atoms with Gasteiger partial charge in [0.05, 0.1) is 0 Å². The fourth-order valence-electron chi connectivity index (χ4n) is 2.90. The molecule has 0 aromatic heterocycles. The number of benzene rings is 2. The number of rotatable bonds is 4. The first-order valence-corrected chi connectivity index (χ1v) is 9.02. The number of amides is 2. The summed E-state index contributed by atoms with van der Waals surface area (Å²) in [5, 5.41) is 0.604. The van der Waals surface area contributed by atoms with Gasteiger partial charge in [-0.3, -0.25) is 9.59 Å². The van der Waals surface area contributed by atoms with Crippen LogP contribution in [0, 0.1) is 0 Å². The molecule has 1 saturated heterocycles. The van der Waals surface area contributed by atoms with Gasteiger partial charge in [-0.15, -0.1) is 0 Å². The molecule has 0 spiro atoms. The third kappa shape index (κ3) is 4.76. The molecule has 0 bridgehead atoms. The molecule has 3 rings (SSSR count). The largest absolute Gasteiger partial charge is 0.484 e. The van der Waals surface area contributed by atoms with E-state index in [0.717, 1.165) is 6.42 Å². The number of nitrogens with zero attached hydrogens (tertiary/aromatic N) is 2. The molecule has 0 aliphatic carbocycles. The molecule has 0 radical (unpaired) electrons. The second-order valence-electron chi connectivity index (χ2n) is 6.14. The smallest absolute Gasteiger partial charge is 0.260 e. The van der Waals surface area contributed by atoms with Gasteiger partial charge in [-0.1, -0.05) is 29.8 Å². The van der Waals surface area contributed by atoms with Gasteiger partial charge in [0, 0.05) is 36.8 Å². The van der Waals surface area contributed by atoms with Gasteiger partial charge in [0.25, 0.3) is 11.8 Å². The van der Waals surface area contributed by atoms with Crippen molar-refractivity contribution in [3.8, 4) is 5.75 Å². The van der Waals surface area contributed by atoms with Crippen LogP contribution in [0.5, 0.6) is 5.75 Å². The molecule has 6 heteroatoms. The summed E-state index contributed by atoms with van der Waals surface area (Å²) in [6, 6.07) is 16.2. The Labute approximate surface area is 158 Å². The van der Waals surface area contributed by atoms with Gasteiger partial charge in [0.2, 0.25) is 0 Å². The normalized spacial score (nSPS) is 14.7. The standard InChI is InChI=1S/C20H21ClN2O3/c21-17-9-7-16(8-10-17)20(25)23-12-4-11-22(13-14-23)19(24)15-26-18-5-2-1-3-6-18/h1-3,5-10H,4,11-15H2. The summed E-state index contributed by atoms with van der Waals surface area (Å²) in [7, 11) is 0. The number of ether oxygens (including phenoxy) is 1. The Kier molecular flexibility index (Phi) is 6.12. The quantitative estimate of drug-likeness (QED) is 0.828. The number of carbonyl (C=O) groups excluding carboxylic acids is 2. The van der Waals surface area contributed by atoms with Crippen LogP contribution >= 0.6 is 11.6 Å². The van der Waals surface area contributed by atoms with E-state index < -0.39 is 0 Å². The van der Waals surface area contributed by atoms with E-state index in [1.807, 2.05) is 30.3 Å². The molecule has 0 N–H and O–H groups in total. The summed E-state index contributed by atoms with van der Waals surface area (Å²) < 4.78 is 5.53. The Morgan fingerprint density at radius 3 is 2.27 bits per heavy atom. The minimum absolute atomic E-state index is 0.00907. The van der Waals surface area contributed by atoms with Gasteiger partial charge in [-0.25, -0.2) is 0 Å². The van der Waals surface area contributed by atoms with Gasteiger partial charge in [-0.2, -0.15) is 0 Å². The summed E-state index contributed by atoms with van der Waals surface area (Å²) in [4.78, 5) is 28.5. The van der Waals surface area contributed by atoms with Crippen LogP contribution in [0.3, 0.4) is 0 Å². The molecule has 1 aliphatic heterocycles. The van der Waals surface area contributed by atoms with Crippen molar-refractivity contribution >= 4 is 23.4 Å². The first-order chi connectivity index (χ1) is 12.6. The van der Waals surface area contributed by atoms with E-state index >= 15 is 0 Å². The van der Waals surface area contributed by atoms with Crippen molar-refractivity contribution in [2.45, 2.75) is 6.42 Å². The number of halogens is 1. The second-order valence-corrected chi connectivity index (χ2v) is 6.57. The lowest BCUT2D eigenvalue weighted by atomic mass is 10.2. The average Bonchev–Trinajstić information content (AvgIpc) is 2.93. The molecule has 0 atom stereocenters. The van der Waals surface area contributed by atoms with Gasteiger partial charge < -0.3 is 14.5 Å². The predicted molar refractivity (Wildman–Crippen MR) is 100 cm³/mol. The minimum atomic E-state index is -0.0605. The number of carbonyl (C=O) groups is 2. The molecule has 2 aromatic carbocycles. The SMILES string of the molecule is O=C(COc1ccccc1)N1CCCN(C(=O)c2ccc(Cl)cc2)CC1. The molecule has 5 nitrogen and oxygen atoms in total. The third-order valence-electron chi connectivity index (χ3n) is 4.33. The number of hydrogen-bond acceptors (Lipinski definition) is 3. The van der Waals surface area contributed by atoms with Crippen LogP contribution in [0.25, 0.3) is 0 Å². The Bertz CT molecular complexity index is 749. The van der Waals surface area contributed by atoms with Gasteiger partial charge >= 0.3 is 0 Å². The molecule has 136 valence electrons. The van der Waals surface area contributed by atoms with Gasteiger partial charge in [0.15, 0.2) is 6.61 Å². The molecule has 2 amide bonds. The van der Waals surface area contributed by atoms with E-state index in [0.29, 0.717) is 42.5 Å². The fourth-order valence-corrected chi connectivity index (χ4v) is 3.02. The second kappa shape index (κ2) is 8.72. The van der Waals surface area contributed by atoms with E-state index in [4.69, 9.17) is 16.3 Å². The van der Waals surface area contributed by atoms with Crippen LogP contribution in [-0.2, 0) is 4.79 Å². The van der Waals surface area contributed by atoms with Gasteiger partial charge in [0.1, 0.15) is 5.75 Å². The van der Waals surface area contributed by atoms with E-state index in [9.17, 15) is 9.59 Å². The Balaban J connectivity index is 1.53. The first-order valence-electron chi connectivity index (χ1n) is 8.64. The van der Waals surface area contributed by atoms with Crippen molar-refractivity contribution in [1.29, 1.82) is 0 Å². The highest BCUT2D eigenvalue weighted by molar-refractivity contribution is 6.30. The Morgan fingerprint density at radius 1 is 0.885 bits per heavy atom. The summed E-state index contributed by atoms with van der Waals surface area (Å²) in [6.07, 6.45) is 0.746. The summed E-state index contributed by atoms with van der Waals surface area (Å²) >= 11 is 5.88. The summed E-state index contributed by atoms with van der Waals surface area (Å²) in [5.74, 6) is 0.585. The van der Waals surface area contributed by atoms with E-state index in [-0.39, 0.29) is 18.4 Å². The van der Waals surface area contributed by atoms with Gasteiger partial charge in [-0.05, 0) is 42.8 Å². The number of para-hydroxylation sites is 1. The first kappa shape index (κ1) is 18.3. The molecule has 26 heavy (non-hydrogen) atoms. The zero-order valence-corrected chi connectivity index (χ0v) is 15.2. The van der Waals surface area contributed by atoms with E-state index in [1.54, 1.807) is 34.1 Å². The van der Waals surface area contributed by atoms with E-state index in [2.05, 4.69) is 0 Å². The highest BCUT2D eigenvalue weighted by atomic mass is 35.5. The van der Waals surface area contributed by atoms with Crippen LogP contribution in [0.4, 0.5) is 0 Å². The Morgan fingerprint density at radius 2 is 1.54 bits per heavy atom. The third-order valence-corrected chi connectivity index (χ3v) is 4.58. The molecule has 2 aromatic rings. The molecular formula is C20H21ClN2O3. The van der Waals surface area contributed by atoms with Crippen molar-refractivity contribution in [2.24, 2.45) is 0 Å². The highest BCUT2D eigenvalue weighted by Crippen LogP contribution is 2.14. The molecule has 0 unspecified atom stereocenters. The maximum atomic E-state index is 12.6. The molecule has 1 heterocycles. The van der Waals surface area contributed by atoms with Crippen molar-refractivity contribution in [1.82, 2.24) is 9.80 Å². The zero-order valence-electron chi connectivity index (χ0n) is 14.4. The Hall–Kier alpha value is -2.53. The molecule has 1 fully saturated rings. The highest BCUT2D eigenvalue weighted by Gasteiger charge is 2.23. The van der Waals surface area contributed by atoms with Crippen molar-refractivity contribution in [2.75, 3.05) is 32.8 Å². The lowest BCUT2D eigenvalue weighted by Crippen LogP contribution is -2.39. The fraction of sp³-hybridized carbons (Fsp3) is 0.300. The zero-order chi connectivity index (χ0) is 18.4.